The van der Waals surface area contributed by atoms with Crippen molar-refractivity contribution in [3.05, 3.63) is 36.4 Å². The van der Waals surface area contributed by atoms with Gasteiger partial charge in [0.1, 0.15) is 24.0 Å². The summed E-state index contributed by atoms with van der Waals surface area (Å²) in [5, 5.41) is 12.6. The number of hydrogen-bond donors (Lipinski definition) is 1. The SMILES string of the molecule is CO[C@@H]1C[C@H](CNc2cnccc2C#N)N(c2cc(N(C)C)ncn2)C1. The third kappa shape index (κ3) is 3.83. The topological polar surface area (TPSA) is 90.2 Å². The van der Waals surface area contributed by atoms with Gasteiger partial charge >= 0.3 is 0 Å². The largest absolute Gasteiger partial charge is 0.381 e. The molecule has 1 fully saturated rings. The first kappa shape index (κ1) is 17.9. The molecule has 0 bridgehead atoms. The highest BCUT2D eigenvalue weighted by Crippen LogP contribution is 2.27. The van der Waals surface area contributed by atoms with Crippen molar-refractivity contribution < 1.29 is 4.74 Å². The molecule has 0 spiro atoms. The zero-order valence-electron chi connectivity index (χ0n) is 15.3. The Hall–Kier alpha value is -2.92. The Balaban J connectivity index is 1.78. The standard InChI is InChI=1S/C18H23N7O/c1-24(2)17-7-18(23-12-22-17)25-11-15(26-3)6-14(25)9-21-16-10-20-5-4-13(16)8-19/h4-5,7,10,12,14-15,21H,6,9,11H2,1-3H3/t14-,15-/m1/s1. The Morgan fingerprint density at radius 1 is 1.42 bits per heavy atom. The smallest absolute Gasteiger partial charge is 0.134 e. The highest BCUT2D eigenvalue weighted by molar-refractivity contribution is 5.56. The lowest BCUT2D eigenvalue weighted by Gasteiger charge is -2.26. The molecule has 0 amide bonds. The van der Waals surface area contributed by atoms with Crippen molar-refractivity contribution in [3.8, 4) is 6.07 Å². The fourth-order valence-electron chi connectivity index (χ4n) is 3.12. The molecule has 8 heteroatoms. The van der Waals surface area contributed by atoms with E-state index >= 15 is 0 Å². The molecule has 136 valence electrons. The molecule has 2 atom stereocenters. The molecule has 3 rings (SSSR count). The second kappa shape index (κ2) is 7.97. The quantitative estimate of drug-likeness (QED) is 0.836. The van der Waals surface area contributed by atoms with Gasteiger partial charge in [0.2, 0.25) is 0 Å². The summed E-state index contributed by atoms with van der Waals surface area (Å²) in [6.45, 7) is 1.44. The van der Waals surface area contributed by atoms with Crippen molar-refractivity contribution in [2.24, 2.45) is 0 Å². The molecule has 1 aliphatic rings. The molecule has 2 aromatic rings. The first-order valence-corrected chi connectivity index (χ1v) is 8.49. The molecule has 3 heterocycles. The lowest BCUT2D eigenvalue weighted by Crippen LogP contribution is -2.36. The maximum atomic E-state index is 9.23. The van der Waals surface area contributed by atoms with Gasteiger partial charge in [0, 0.05) is 46.6 Å². The van der Waals surface area contributed by atoms with Gasteiger partial charge in [0.05, 0.1) is 29.6 Å². The van der Waals surface area contributed by atoms with Gasteiger partial charge < -0.3 is 19.9 Å². The van der Waals surface area contributed by atoms with Crippen molar-refractivity contribution >= 4 is 17.3 Å². The molecule has 1 N–H and O–H groups in total. The monoisotopic (exact) mass is 353 g/mol. The average Bonchev–Trinajstić information content (AvgIpc) is 3.10. The summed E-state index contributed by atoms with van der Waals surface area (Å²) in [4.78, 5) is 17.0. The van der Waals surface area contributed by atoms with Crippen LogP contribution in [-0.4, -0.2) is 61.4 Å². The lowest BCUT2D eigenvalue weighted by molar-refractivity contribution is 0.118. The highest BCUT2D eigenvalue weighted by atomic mass is 16.5. The van der Waals surface area contributed by atoms with Crippen molar-refractivity contribution in [1.29, 1.82) is 5.26 Å². The summed E-state index contributed by atoms with van der Waals surface area (Å²) >= 11 is 0. The van der Waals surface area contributed by atoms with Gasteiger partial charge in [-0.3, -0.25) is 4.98 Å². The van der Waals surface area contributed by atoms with Crippen LogP contribution >= 0.6 is 0 Å². The molecule has 0 aliphatic carbocycles. The molecule has 8 nitrogen and oxygen atoms in total. The maximum absolute atomic E-state index is 9.23. The van der Waals surface area contributed by atoms with Crippen molar-refractivity contribution in [2.45, 2.75) is 18.6 Å². The maximum Gasteiger partial charge on any atom is 0.134 e. The average molecular weight is 353 g/mol. The summed E-state index contributed by atoms with van der Waals surface area (Å²) in [7, 11) is 5.65. The number of anilines is 3. The number of nitriles is 1. The Labute approximate surface area is 153 Å². The van der Waals surface area contributed by atoms with Crippen LogP contribution in [0.1, 0.15) is 12.0 Å². The predicted molar refractivity (Wildman–Crippen MR) is 100 cm³/mol. The second-order valence-corrected chi connectivity index (χ2v) is 6.44. The van der Waals surface area contributed by atoms with Crippen LogP contribution in [0.3, 0.4) is 0 Å². The van der Waals surface area contributed by atoms with E-state index in [0.717, 1.165) is 30.3 Å². The zero-order chi connectivity index (χ0) is 18.5. The summed E-state index contributed by atoms with van der Waals surface area (Å²) in [5.74, 6) is 1.74. The molecule has 1 saturated heterocycles. The second-order valence-electron chi connectivity index (χ2n) is 6.44. The Morgan fingerprint density at radius 3 is 3.00 bits per heavy atom. The third-order valence-corrected chi connectivity index (χ3v) is 4.57. The van der Waals surface area contributed by atoms with E-state index in [4.69, 9.17) is 4.74 Å². The van der Waals surface area contributed by atoms with Crippen molar-refractivity contribution in [3.63, 3.8) is 0 Å². The van der Waals surface area contributed by atoms with Crippen molar-refractivity contribution in [2.75, 3.05) is 49.4 Å². The fourth-order valence-corrected chi connectivity index (χ4v) is 3.12. The molecule has 2 aromatic heterocycles. The fraction of sp³-hybridized carbons (Fsp3) is 0.444. The Kier molecular flexibility index (Phi) is 5.49. The molecule has 0 unspecified atom stereocenters. The van der Waals surface area contributed by atoms with Gasteiger partial charge in [-0.05, 0) is 12.5 Å². The molecule has 26 heavy (non-hydrogen) atoms. The van der Waals surface area contributed by atoms with E-state index in [9.17, 15) is 5.26 Å². The highest BCUT2D eigenvalue weighted by Gasteiger charge is 2.33. The minimum absolute atomic E-state index is 0.143. The zero-order valence-corrected chi connectivity index (χ0v) is 15.3. The summed E-state index contributed by atoms with van der Waals surface area (Å²) in [6.07, 6.45) is 5.91. The number of hydrogen-bond acceptors (Lipinski definition) is 8. The van der Waals surface area contributed by atoms with Crippen LogP contribution < -0.4 is 15.1 Å². The normalized spacial score (nSPS) is 19.2. The predicted octanol–water partition coefficient (Wildman–Crippen LogP) is 1.52. The minimum Gasteiger partial charge on any atom is -0.381 e. The number of methoxy groups -OCH3 is 1. The summed E-state index contributed by atoms with van der Waals surface area (Å²) in [5.41, 5.74) is 1.33. The van der Waals surface area contributed by atoms with E-state index in [0.29, 0.717) is 12.1 Å². The number of pyridine rings is 1. The van der Waals surface area contributed by atoms with E-state index in [1.807, 2.05) is 25.1 Å². The van der Waals surface area contributed by atoms with Crippen LogP contribution in [0.4, 0.5) is 17.3 Å². The summed E-state index contributed by atoms with van der Waals surface area (Å²) in [6, 6.07) is 6.07. The van der Waals surface area contributed by atoms with Gasteiger partial charge in [0.15, 0.2) is 0 Å². The number of aromatic nitrogens is 3. The number of ether oxygens (including phenoxy) is 1. The molecule has 0 aromatic carbocycles. The van der Waals surface area contributed by atoms with Crippen LogP contribution in [0.5, 0.6) is 0 Å². The van der Waals surface area contributed by atoms with Gasteiger partial charge in [-0.2, -0.15) is 5.26 Å². The van der Waals surface area contributed by atoms with Gasteiger partial charge in [-0.15, -0.1) is 0 Å². The molecule has 0 radical (unpaired) electrons. The van der Waals surface area contributed by atoms with Gasteiger partial charge in [-0.1, -0.05) is 0 Å². The van der Waals surface area contributed by atoms with Gasteiger partial charge in [-0.25, -0.2) is 9.97 Å². The molecule has 0 saturated carbocycles. The van der Waals surface area contributed by atoms with Crippen LogP contribution in [0.15, 0.2) is 30.9 Å². The number of rotatable bonds is 6. The van der Waals surface area contributed by atoms with Gasteiger partial charge in [0.25, 0.3) is 0 Å². The van der Waals surface area contributed by atoms with Crippen molar-refractivity contribution in [1.82, 2.24) is 15.0 Å². The van der Waals surface area contributed by atoms with Crippen LogP contribution in [0, 0.1) is 11.3 Å². The molecular formula is C18H23N7O. The number of nitrogens with one attached hydrogen (secondary N) is 1. The van der Waals surface area contributed by atoms with Crippen LogP contribution in [0.25, 0.3) is 0 Å². The van der Waals surface area contributed by atoms with E-state index in [1.165, 1.54) is 0 Å². The van der Waals surface area contributed by atoms with E-state index in [-0.39, 0.29) is 12.1 Å². The Morgan fingerprint density at radius 2 is 2.27 bits per heavy atom. The summed E-state index contributed by atoms with van der Waals surface area (Å²) < 4.78 is 5.58. The first-order valence-electron chi connectivity index (χ1n) is 8.49. The first-order chi connectivity index (χ1) is 12.6. The van der Waals surface area contributed by atoms with Crippen LogP contribution in [-0.2, 0) is 4.74 Å². The van der Waals surface area contributed by atoms with E-state index in [1.54, 1.807) is 31.9 Å². The van der Waals surface area contributed by atoms with Crippen LogP contribution in [0.2, 0.25) is 0 Å². The Bertz CT molecular complexity index is 789. The third-order valence-electron chi connectivity index (χ3n) is 4.57. The lowest BCUT2D eigenvalue weighted by atomic mass is 10.2. The number of nitrogens with zero attached hydrogens (tertiary/aromatic N) is 6. The molecular weight excluding hydrogens is 330 g/mol. The molecule has 1 aliphatic heterocycles. The minimum atomic E-state index is 0.143. The van der Waals surface area contributed by atoms with E-state index in [2.05, 4.69) is 31.2 Å². The van der Waals surface area contributed by atoms with E-state index < -0.39 is 0 Å².